The summed E-state index contributed by atoms with van der Waals surface area (Å²) in [5, 5.41) is 8.34. The molecule has 2 aromatic heterocycles. The van der Waals surface area contributed by atoms with Crippen LogP contribution in [-0.2, 0) is 19.6 Å². The third kappa shape index (κ3) is 4.93. The van der Waals surface area contributed by atoms with Gasteiger partial charge in [0.2, 0.25) is 0 Å². The molecule has 7 heteroatoms. The number of thiophene rings is 1. The lowest BCUT2D eigenvalue weighted by Gasteiger charge is -2.10. The van der Waals surface area contributed by atoms with E-state index in [4.69, 9.17) is 33.2 Å². The van der Waals surface area contributed by atoms with Gasteiger partial charge >= 0.3 is 0 Å². The van der Waals surface area contributed by atoms with Crippen molar-refractivity contribution in [1.29, 1.82) is 0 Å². The number of nitrogens with two attached hydrogens (primary N) is 1. The van der Waals surface area contributed by atoms with Gasteiger partial charge in [-0.1, -0.05) is 47.5 Å². The monoisotopic (exact) mass is 457 g/mol. The molecule has 154 valence electrons. The molecule has 0 atom stereocenters. The first-order valence-corrected chi connectivity index (χ1v) is 11.4. The number of anilines is 1. The molecular weight excluding hydrogens is 435 g/mol. The van der Waals surface area contributed by atoms with Gasteiger partial charge in [-0.2, -0.15) is 0 Å². The summed E-state index contributed by atoms with van der Waals surface area (Å²) in [5.74, 6) is 1.73. The van der Waals surface area contributed by atoms with Crippen molar-refractivity contribution in [2.45, 2.75) is 33.5 Å². The fraction of sp³-hybridized carbons (Fsp3) is 0.217. The smallest absolute Gasteiger partial charge is 0.187 e. The molecule has 0 fully saturated rings. The predicted octanol–water partition coefficient (Wildman–Crippen LogP) is 5.49. The summed E-state index contributed by atoms with van der Waals surface area (Å²) in [7, 11) is 0. The Hall–Kier alpha value is -2.18. The second-order valence-corrected chi connectivity index (χ2v) is 9.33. The molecule has 0 saturated carbocycles. The fourth-order valence-electron chi connectivity index (χ4n) is 3.29. The summed E-state index contributed by atoms with van der Waals surface area (Å²) in [5.41, 5.74) is 3.63. The number of aryl methyl sites for hydroxylation is 2. The summed E-state index contributed by atoms with van der Waals surface area (Å²) in [6.45, 7) is 6.53. The maximum absolute atomic E-state index is 6.00. The maximum atomic E-state index is 6.00. The van der Waals surface area contributed by atoms with E-state index in [2.05, 4.69) is 24.5 Å². The first-order chi connectivity index (χ1) is 14.5. The number of nitrogens with zero attached hydrogens (tertiary/aromatic N) is 2. The molecule has 3 N–H and O–H groups in total. The van der Waals surface area contributed by atoms with E-state index in [0.717, 1.165) is 44.0 Å². The molecule has 0 unspecified atom stereocenters. The molecule has 4 aromatic rings. The Kier molecular flexibility index (Phi) is 6.54. The van der Waals surface area contributed by atoms with Crippen LogP contribution in [0.25, 0.3) is 10.2 Å². The number of hydrogen-bond acceptors (Lipinski definition) is 4. The summed E-state index contributed by atoms with van der Waals surface area (Å²) in [6.07, 6.45) is 0. The molecule has 0 aliphatic heterocycles. The van der Waals surface area contributed by atoms with Gasteiger partial charge in [-0.25, -0.2) is 9.97 Å². The van der Waals surface area contributed by atoms with Crippen molar-refractivity contribution in [2.24, 2.45) is 0 Å². The van der Waals surface area contributed by atoms with Crippen LogP contribution in [0.1, 0.15) is 27.4 Å². The number of aromatic nitrogens is 2. The number of rotatable bonds is 7. The lowest BCUT2D eigenvalue weighted by molar-refractivity contribution is -0.687. The quantitative estimate of drug-likeness (QED) is 0.385. The van der Waals surface area contributed by atoms with Crippen molar-refractivity contribution < 1.29 is 5.32 Å². The van der Waals surface area contributed by atoms with Crippen molar-refractivity contribution >= 4 is 50.6 Å². The molecule has 0 aliphatic carbocycles. The number of quaternary nitrogens is 1. The van der Waals surface area contributed by atoms with E-state index in [1.54, 1.807) is 11.3 Å². The predicted molar refractivity (Wildman–Crippen MR) is 126 cm³/mol. The Morgan fingerprint density at radius 3 is 2.17 bits per heavy atom. The summed E-state index contributed by atoms with van der Waals surface area (Å²) in [4.78, 5) is 12.0. The van der Waals surface area contributed by atoms with Crippen LogP contribution in [0.15, 0.2) is 48.5 Å². The highest BCUT2D eigenvalue weighted by Crippen LogP contribution is 2.33. The van der Waals surface area contributed by atoms with Crippen LogP contribution in [0.5, 0.6) is 0 Å². The molecule has 0 spiro atoms. The largest absolute Gasteiger partial charge is 0.365 e. The first kappa shape index (κ1) is 21.1. The van der Waals surface area contributed by atoms with Gasteiger partial charge < -0.3 is 10.6 Å². The van der Waals surface area contributed by atoms with Gasteiger partial charge in [0.25, 0.3) is 0 Å². The average molecular weight is 458 g/mol. The number of nitrogens with one attached hydrogen (secondary N) is 1. The fourth-order valence-corrected chi connectivity index (χ4v) is 4.59. The highest BCUT2D eigenvalue weighted by molar-refractivity contribution is 7.18. The summed E-state index contributed by atoms with van der Waals surface area (Å²) >= 11 is 13.7. The Morgan fingerprint density at radius 1 is 0.867 bits per heavy atom. The van der Waals surface area contributed by atoms with Gasteiger partial charge in [-0.3, -0.25) is 0 Å². The van der Waals surface area contributed by atoms with E-state index >= 15 is 0 Å². The van der Waals surface area contributed by atoms with Crippen LogP contribution in [0.3, 0.4) is 0 Å². The number of halogens is 2. The molecule has 2 aromatic carbocycles. The molecule has 0 aliphatic rings. The SMILES string of the molecule is Cc1sc2nc(C[NH2+]Cc3ccc(Cl)cc3)nc(NCc3ccc(Cl)cc3)c2c1C. The van der Waals surface area contributed by atoms with Gasteiger partial charge in [-0.15, -0.1) is 11.3 Å². The second-order valence-electron chi connectivity index (χ2n) is 7.26. The minimum Gasteiger partial charge on any atom is -0.365 e. The zero-order valence-electron chi connectivity index (χ0n) is 16.9. The molecule has 0 saturated heterocycles. The van der Waals surface area contributed by atoms with E-state index in [1.807, 2.05) is 48.5 Å². The minimum absolute atomic E-state index is 0.686. The average Bonchev–Trinajstić information content (AvgIpc) is 3.02. The van der Waals surface area contributed by atoms with E-state index < -0.39 is 0 Å². The van der Waals surface area contributed by atoms with Gasteiger partial charge in [0.05, 0.1) is 5.39 Å². The van der Waals surface area contributed by atoms with E-state index in [9.17, 15) is 0 Å². The van der Waals surface area contributed by atoms with Crippen LogP contribution in [0.2, 0.25) is 10.0 Å². The normalized spacial score (nSPS) is 11.2. The third-order valence-electron chi connectivity index (χ3n) is 5.07. The number of hydrogen-bond donors (Lipinski definition) is 2. The molecule has 0 radical (unpaired) electrons. The Bertz CT molecular complexity index is 1150. The number of benzene rings is 2. The standard InChI is InChI=1S/C23H22Cl2N4S/c1-14-15(2)30-23-21(14)22(27-12-17-5-9-19(25)10-6-17)28-20(29-23)13-26-11-16-3-7-18(24)8-4-16/h3-10,26H,11-13H2,1-2H3,(H,27,28,29)/p+1. The molecule has 0 amide bonds. The van der Waals surface area contributed by atoms with Crippen molar-refractivity contribution in [3.05, 3.63) is 86.0 Å². The van der Waals surface area contributed by atoms with Crippen LogP contribution in [0, 0.1) is 13.8 Å². The van der Waals surface area contributed by atoms with Gasteiger partial charge in [0.1, 0.15) is 23.7 Å². The summed E-state index contributed by atoms with van der Waals surface area (Å²) < 4.78 is 0. The highest BCUT2D eigenvalue weighted by atomic mass is 35.5. The highest BCUT2D eigenvalue weighted by Gasteiger charge is 2.15. The molecule has 2 heterocycles. The zero-order valence-corrected chi connectivity index (χ0v) is 19.2. The van der Waals surface area contributed by atoms with Crippen LogP contribution < -0.4 is 10.6 Å². The lowest BCUT2D eigenvalue weighted by Crippen LogP contribution is -2.81. The van der Waals surface area contributed by atoms with Crippen LogP contribution in [-0.4, -0.2) is 9.97 Å². The Morgan fingerprint density at radius 2 is 1.50 bits per heavy atom. The van der Waals surface area contributed by atoms with Gasteiger partial charge in [-0.05, 0) is 49.2 Å². The van der Waals surface area contributed by atoms with Crippen molar-refractivity contribution in [1.82, 2.24) is 9.97 Å². The van der Waals surface area contributed by atoms with Crippen molar-refractivity contribution in [3.63, 3.8) is 0 Å². The Balaban J connectivity index is 1.53. The Labute approximate surface area is 190 Å². The van der Waals surface area contributed by atoms with Crippen molar-refractivity contribution in [2.75, 3.05) is 5.32 Å². The topological polar surface area (TPSA) is 54.4 Å². The zero-order chi connectivity index (χ0) is 21.1. The molecule has 30 heavy (non-hydrogen) atoms. The summed E-state index contributed by atoms with van der Waals surface area (Å²) in [6, 6.07) is 15.8. The first-order valence-electron chi connectivity index (χ1n) is 9.80. The van der Waals surface area contributed by atoms with Crippen molar-refractivity contribution in [3.8, 4) is 0 Å². The van der Waals surface area contributed by atoms with Crippen LogP contribution in [0.4, 0.5) is 5.82 Å². The molecular formula is C23H23Cl2N4S+. The van der Waals surface area contributed by atoms with E-state index in [1.165, 1.54) is 16.0 Å². The van der Waals surface area contributed by atoms with E-state index in [-0.39, 0.29) is 0 Å². The maximum Gasteiger partial charge on any atom is 0.187 e. The van der Waals surface area contributed by atoms with E-state index in [0.29, 0.717) is 13.1 Å². The van der Waals surface area contributed by atoms with Gasteiger partial charge in [0.15, 0.2) is 5.82 Å². The van der Waals surface area contributed by atoms with Crippen LogP contribution >= 0.6 is 34.5 Å². The minimum atomic E-state index is 0.686. The lowest BCUT2D eigenvalue weighted by atomic mass is 10.2. The number of fused-ring (bicyclic) bond motifs is 1. The molecule has 4 rings (SSSR count). The van der Waals surface area contributed by atoms with Gasteiger partial charge in [0, 0.05) is 27.0 Å². The second kappa shape index (κ2) is 9.31. The molecule has 0 bridgehead atoms. The molecule has 4 nitrogen and oxygen atoms in total. The third-order valence-corrected chi connectivity index (χ3v) is 6.67.